The van der Waals surface area contributed by atoms with E-state index in [1.807, 2.05) is 43.3 Å². The number of ether oxygens (including phenoxy) is 2. The summed E-state index contributed by atoms with van der Waals surface area (Å²) in [6, 6.07) is 14.8. The van der Waals surface area contributed by atoms with E-state index in [0.29, 0.717) is 12.0 Å². The summed E-state index contributed by atoms with van der Waals surface area (Å²) in [5, 5.41) is 0. The summed E-state index contributed by atoms with van der Waals surface area (Å²) in [6.45, 7) is 3.56. The van der Waals surface area contributed by atoms with E-state index < -0.39 is 6.10 Å². The van der Waals surface area contributed by atoms with E-state index in [4.69, 9.17) is 9.47 Å². The number of Topliss-reactive ketones (excluding diaryl/α,β-unsaturated/α-hetero) is 1. The molecule has 2 aromatic rings. The first-order chi connectivity index (χ1) is 11.5. The van der Waals surface area contributed by atoms with Crippen molar-refractivity contribution in [3.8, 4) is 5.75 Å². The second-order valence-corrected chi connectivity index (χ2v) is 5.71. The normalized spacial score (nSPS) is 11.6. The maximum atomic E-state index is 12.2. The predicted octanol–water partition coefficient (Wildman–Crippen LogP) is 3.75. The largest absolute Gasteiger partial charge is 0.497 e. The first kappa shape index (κ1) is 17.7. The smallest absolute Gasteiger partial charge is 0.306 e. The number of aryl methyl sites for hydroxylation is 2. The van der Waals surface area contributed by atoms with Crippen molar-refractivity contribution in [2.45, 2.75) is 32.8 Å². The van der Waals surface area contributed by atoms with Crippen molar-refractivity contribution in [1.82, 2.24) is 0 Å². The predicted molar refractivity (Wildman–Crippen MR) is 92.4 cm³/mol. The van der Waals surface area contributed by atoms with E-state index in [1.54, 1.807) is 26.2 Å². The van der Waals surface area contributed by atoms with Gasteiger partial charge in [-0.3, -0.25) is 9.59 Å². The molecule has 0 unspecified atom stereocenters. The molecule has 0 N–H and O–H groups in total. The fraction of sp³-hybridized carbons (Fsp3) is 0.300. The monoisotopic (exact) mass is 326 g/mol. The molecular weight excluding hydrogens is 304 g/mol. The molecule has 0 bridgehead atoms. The van der Waals surface area contributed by atoms with E-state index in [9.17, 15) is 9.59 Å². The van der Waals surface area contributed by atoms with Gasteiger partial charge in [-0.05, 0) is 38.0 Å². The Morgan fingerprint density at radius 1 is 1.00 bits per heavy atom. The molecule has 4 heteroatoms. The van der Waals surface area contributed by atoms with Crippen LogP contribution in [0.3, 0.4) is 0 Å². The quantitative estimate of drug-likeness (QED) is 0.574. The first-order valence-corrected chi connectivity index (χ1v) is 7.93. The molecule has 0 radical (unpaired) electrons. The highest BCUT2D eigenvalue weighted by molar-refractivity contribution is 6.00. The van der Waals surface area contributed by atoms with E-state index >= 15 is 0 Å². The molecule has 2 rings (SSSR count). The average Bonchev–Trinajstić information content (AvgIpc) is 2.60. The van der Waals surface area contributed by atoms with Crippen molar-refractivity contribution in [2.75, 3.05) is 7.11 Å². The number of carbonyl (C=O) groups excluding carboxylic acids is 2. The van der Waals surface area contributed by atoms with E-state index in [2.05, 4.69) is 0 Å². The van der Waals surface area contributed by atoms with Gasteiger partial charge in [0.2, 0.25) is 5.78 Å². The highest BCUT2D eigenvalue weighted by Crippen LogP contribution is 2.14. The van der Waals surface area contributed by atoms with Crippen LogP contribution in [0.2, 0.25) is 0 Å². The Balaban J connectivity index is 1.84. The minimum absolute atomic E-state index is 0.187. The lowest BCUT2D eigenvalue weighted by Crippen LogP contribution is -2.24. The van der Waals surface area contributed by atoms with Crippen molar-refractivity contribution in [2.24, 2.45) is 0 Å². The molecule has 4 nitrogen and oxygen atoms in total. The lowest BCUT2D eigenvalue weighted by Gasteiger charge is -2.12. The first-order valence-electron chi connectivity index (χ1n) is 7.93. The molecular formula is C20H22O4. The Labute approximate surface area is 142 Å². The van der Waals surface area contributed by atoms with Gasteiger partial charge in [0.15, 0.2) is 6.10 Å². The van der Waals surface area contributed by atoms with Crippen LogP contribution < -0.4 is 4.74 Å². The number of esters is 1. The number of methoxy groups -OCH3 is 1. The molecule has 0 aliphatic carbocycles. The summed E-state index contributed by atoms with van der Waals surface area (Å²) in [7, 11) is 1.61. The van der Waals surface area contributed by atoms with Crippen LogP contribution in [0.25, 0.3) is 0 Å². The number of carbonyl (C=O) groups is 2. The molecule has 0 spiro atoms. The van der Waals surface area contributed by atoms with E-state index in [0.717, 1.165) is 16.9 Å². The maximum absolute atomic E-state index is 12.2. The van der Waals surface area contributed by atoms with Crippen LogP contribution in [0.5, 0.6) is 5.75 Å². The molecule has 24 heavy (non-hydrogen) atoms. The van der Waals surface area contributed by atoms with Gasteiger partial charge in [0.05, 0.1) is 7.11 Å². The molecule has 0 saturated carbocycles. The third kappa shape index (κ3) is 4.95. The SMILES string of the molecule is COc1ccc(CCC(=O)O[C@H](C)C(=O)c2ccc(C)cc2)cc1. The molecule has 1 atom stereocenters. The number of rotatable bonds is 7. The summed E-state index contributed by atoms with van der Waals surface area (Å²) >= 11 is 0. The van der Waals surface area contributed by atoms with Crippen LogP contribution in [-0.2, 0) is 16.0 Å². The Morgan fingerprint density at radius 2 is 1.62 bits per heavy atom. The van der Waals surface area contributed by atoms with Gasteiger partial charge in [-0.1, -0.05) is 42.0 Å². The molecule has 0 aliphatic heterocycles. The van der Waals surface area contributed by atoms with Crippen molar-refractivity contribution in [3.05, 3.63) is 65.2 Å². The molecule has 2 aromatic carbocycles. The van der Waals surface area contributed by atoms with Gasteiger partial charge in [-0.2, -0.15) is 0 Å². The lowest BCUT2D eigenvalue weighted by atomic mass is 10.1. The van der Waals surface area contributed by atoms with Crippen LogP contribution in [-0.4, -0.2) is 25.0 Å². The Kier molecular flexibility index (Phi) is 6.13. The topological polar surface area (TPSA) is 52.6 Å². The van der Waals surface area contributed by atoms with Gasteiger partial charge in [-0.25, -0.2) is 0 Å². The van der Waals surface area contributed by atoms with E-state index in [1.165, 1.54) is 0 Å². The second kappa shape index (κ2) is 8.29. The maximum Gasteiger partial charge on any atom is 0.306 e. The van der Waals surface area contributed by atoms with Crippen LogP contribution in [0.1, 0.15) is 34.8 Å². The Hall–Kier alpha value is -2.62. The van der Waals surface area contributed by atoms with Gasteiger partial charge in [0.1, 0.15) is 5.75 Å². The molecule has 0 saturated heterocycles. The van der Waals surface area contributed by atoms with Crippen molar-refractivity contribution < 1.29 is 19.1 Å². The molecule has 0 fully saturated rings. The zero-order chi connectivity index (χ0) is 17.5. The zero-order valence-corrected chi connectivity index (χ0v) is 14.2. The molecule has 126 valence electrons. The summed E-state index contributed by atoms with van der Waals surface area (Å²) in [4.78, 5) is 24.2. The Morgan fingerprint density at radius 3 is 2.21 bits per heavy atom. The van der Waals surface area contributed by atoms with Crippen LogP contribution in [0.4, 0.5) is 0 Å². The van der Waals surface area contributed by atoms with Gasteiger partial charge >= 0.3 is 5.97 Å². The third-order valence-corrected chi connectivity index (χ3v) is 3.79. The van der Waals surface area contributed by atoms with Gasteiger partial charge in [0.25, 0.3) is 0 Å². The fourth-order valence-corrected chi connectivity index (χ4v) is 2.30. The second-order valence-electron chi connectivity index (χ2n) is 5.71. The lowest BCUT2D eigenvalue weighted by molar-refractivity contribution is -0.146. The summed E-state index contributed by atoms with van der Waals surface area (Å²) in [5.74, 6) is 0.213. The van der Waals surface area contributed by atoms with Crippen molar-refractivity contribution in [3.63, 3.8) is 0 Å². The van der Waals surface area contributed by atoms with Crippen molar-refractivity contribution >= 4 is 11.8 Å². The van der Waals surface area contributed by atoms with Crippen LogP contribution >= 0.6 is 0 Å². The molecule has 0 aliphatic rings. The minimum atomic E-state index is -0.781. The highest BCUT2D eigenvalue weighted by atomic mass is 16.5. The summed E-state index contributed by atoms with van der Waals surface area (Å²) in [6.07, 6.45) is 0.0163. The summed E-state index contributed by atoms with van der Waals surface area (Å²) in [5.41, 5.74) is 2.65. The van der Waals surface area contributed by atoms with E-state index in [-0.39, 0.29) is 18.2 Å². The van der Waals surface area contributed by atoms with Crippen molar-refractivity contribution in [1.29, 1.82) is 0 Å². The number of hydrogen-bond donors (Lipinski definition) is 0. The van der Waals surface area contributed by atoms with Crippen LogP contribution in [0.15, 0.2) is 48.5 Å². The van der Waals surface area contributed by atoms with Gasteiger partial charge < -0.3 is 9.47 Å². The molecule has 0 amide bonds. The molecule has 0 aromatic heterocycles. The minimum Gasteiger partial charge on any atom is -0.497 e. The zero-order valence-electron chi connectivity index (χ0n) is 14.2. The average molecular weight is 326 g/mol. The number of ketones is 1. The standard InChI is InChI=1S/C20H22O4/c1-14-4-9-17(10-5-14)20(22)15(2)24-19(21)13-8-16-6-11-18(23-3)12-7-16/h4-7,9-12,15H,8,13H2,1-3H3/t15-/m1/s1. The van der Waals surface area contributed by atoms with Gasteiger partial charge in [-0.15, -0.1) is 0 Å². The van der Waals surface area contributed by atoms with Crippen LogP contribution in [0, 0.1) is 6.92 Å². The Bertz CT molecular complexity index is 687. The third-order valence-electron chi connectivity index (χ3n) is 3.79. The van der Waals surface area contributed by atoms with Gasteiger partial charge in [0, 0.05) is 12.0 Å². The molecule has 0 heterocycles. The highest BCUT2D eigenvalue weighted by Gasteiger charge is 2.19. The number of hydrogen-bond acceptors (Lipinski definition) is 4. The number of benzene rings is 2. The fourth-order valence-electron chi connectivity index (χ4n) is 2.30. The summed E-state index contributed by atoms with van der Waals surface area (Å²) < 4.78 is 10.3.